The molecule has 0 aliphatic carbocycles. The van der Waals surface area contributed by atoms with Crippen LogP contribution in [0.25, 0.3) is 11.5 Å². The van der Waals surface area contributed by atoms with Crippen molar-refractivity contribution in [3.8, 4) is 17.2 Å². The van der Waals surface area contributed by atoms with E-state index in [0.717, 1.165) is 33.2 Å². The van der Waals surface area contributed by atoms with Gasteiger partial charge in [-0.1, -0.05) is 37.3 Å². The van der Waals surface area contributed by atoms with Crippen molar-refractivity contribution in [1.82, 2.24) is 4.98 Å². The first-order valence-electron chi connectivity index (χ1n) is 10.1. The third kappa shape index (κ3) is 5.68. The molecule has 0 unspecified atom stereocenters. The summed E-state index contributed by atoms with van der Waals surface area (Å²) in [6.07, 6.45) is 1.22. The van der Waals surface area contributed by atoms with Crippen molar-refractivity contribution in [2.45, 2.75) is 46.3 Å². The van der Waals surface area contributed by atoms with Gasteiger partial charge in [-0.05, 0) is 50.1 Å². The Hall–Kier alpha value is -2.70. The van der Waals surface area contributed by atoms with Gasteiger partial charge in [-0.25, -0.2) is 9.19 Å². The molecule has 1 aromatic heterocycles. The van der Waals surface area contributed by atoms with Gasteiger partial charge in [-0.15, -0.1) is 0 Å². The molecule has 0 aliphatic heterocycles. The molecule has 5 nitrogen and oxygen atoms in total. The molecule has 0 aliphatic rings. The number of aromatic nitrogens is 1. The molecule has 3 rings (SSSR count). The van der Waals surface area contributed by atoms with Gasteiger partial charge in [0.1, 0.15) is 23.8 Å². The Morgan fingerprint density at radius 2 is 1.83 bits per heavy atom. The number of hydrogen-bond donors (Lipinski definition) is 0. The van der Waals surface area contributed by atoms with Gasteiger partial charge in [0.2, 0.25) is 5.89 Å². The monoisotopic (exact) mass is 425 g/mol. The Kier molecular flexibility index (Phi) is 7.99. The van der Waals surface area contributed by atoms with Crippen LogP contribution in [0.15, 0.2) is 59.0 Å². The third-order valence-corrected chi connectivity index (χ3v) is 5.58. The lowest BCUT2D eigenvalue weighted by Gasteiger charge is -2.17. The zero-order valence-corrected chi connectivity index (χ0v) is 18.4. The summed E-state index contributed by atoms with van der Waals surface area (Å²) in [6.45, 7) is 6.74. The lowest BCUT2D eigenvalue weighted by molar-refractivity contribution is 0.110. The molecule has 0 saturated carbocycles. The van der Waals surface area contributed by atoms with E-state index in [1.165, 1.54) is 0 Å². The van der Waals surface area contributed by atoms with Crippen molar-refractivity contribution in [3.05, 3.63) is 71.6 Å². The molecular weight excluding hydrogens is 398 g/mol. The van der Waals surface area contributed by atoms with E-state index in [4.69, 9.17) is 13.9 Å². The highest BCUT2D eigenvalue weighted by Gasteiger charge is 2.16. The Labute approximate surface area is 181 Å². The minimum absolute atomic E-state index is 0.163. The van der Waals surface area contributed by atoms with Crippen molar-refractivity contribution >= 4 is 16.1 Å². The van der Waals surface area contributed by atoms with Gasteiger partial charge in [0.25, 0.3) is 0 Å². The molecule has 0 fully saturated rings. The highest BCUT2D eigenvalue weighted by atomic mass is 32.1. The largest absolute Gasteiger partial charge is 0.487 e. The Balaban J connectivity index is 1.62. The van der Waals surface area contributed by atoms with Gasteiger partial charge in [-0.3, -0.25) is 0 Å². The number of hydrogen-bond acceptors (Lipinski definition) is 5. The third-order valence-electron chi connectivity index (χ3n) is 4.82. The molecular formula is C24H27NO4S. The maximum atomic E-state index is 11.3. The van der Waals surface area contributed by atoms with Crippen LogP contribution in [-0.2, 0) is 29.0 Å². The molecule has 0 radical (unpaired) electrons. The molecule has 6 heteroatoms. The van der Waals surface area contributed by atoms with Crippen molar-refractivity contribution < 1.29 is 18.1 Å². The summed E-state index contributed by atoms with van der Waals surface area (Å²) in [5.74, 6) is 2.11. The number of ether oxygens (including phenoxy) is 2. The Morgan fingerprint density at radius 1 is 1.10 bits per heavy atom. The zero-order chi connectivity index (χ0) is 21.3. The van der Waals surface area contributed by atoms with Crippen LogP contribution in [0.3, 0.4) is 0 Å². The predicted octanol–water partition coefficient (Wildman–Crippen LogP) is 4.97. The maximum absolute atomic E-state index is 11.3. The second-order valence-electron chi connectivity index (χ2n) is 6.87. The minimum atomic E-state index is -0.163. The summed E-state index contributed by atoms with van der Waals surface area (Å²) in [7, 11) is 0. The predicted molar refractivity (Wildman–Crippen MR) is 120 cm³/mol. The maximum Gasteiger partial charge on any atom is 0.226 e. The fourth-order valence-electron chi connectivity index (χ4n) is 3.16. The molecule has 2 aromatic carbocycles. The summed E-state index contributed by atoms with van der Waals surface area (Å²) < 4.78 is 28.8. The lowest BCUT2D eigenvalue weighted by Crippen LogP contribution is -2.26. The van der Waals surface area contributed by atoms with Crippen LogP contribution in [0.1, 0.15) is 37.3 Å². The summed E-state index contributed by atoms with van der Waals surface area (Å²) in [6, 6.07) is 17.7. The van der Waals surface area contributed by atoms with Crippen LogP contribution in [0.2, 0.25) is 0 Å². The van der Waals surface area contributed by atoms with E-state index in [1.807, 2.05) is 75.4 Å². The summed E-state index contributed by atoms with van der Waals surface area (Å²) in [5, 5.41) is 0. The topological polar surface area (TPSA) is 61.6 Å². The van der Waals surface area contributed by atoms with Crippen molar-refractivity contribution in [2.75, 3.05) is 6.61 Å². The summed E-state index contributed by atoms with van der Waals surface area (Å²) in [4.78, 5) is 5.39. The Morgan fingerprint density at radius 3 is 2.47 bits per heavy atom. The number of benzene rings is 2. The molecule has 0 N–H and O–H groups in total. The molecule has 1 heterocycles. The first-order chi connectivity index (χ1) is 14.6. The first kappa shape index (κ1) is 22.0. The van der Waals surface area contributed by atoms with Crippen LogP contribution in [0.4, 0.5) is 0 Å². The van der Waals surface area contributed by atoms with E-state index in [9.17, 15) is 4.21 Å². The van der Waals surface area contributed by atoms with Crippen LogP contribution in [0, 0.1) is 6.92 Å². The van der Waals surface area contributed by atoms with E-state index in [-0.39, 0.29) is 6.10 Å². The van der Waals surface area contributed by atoms with Crippen molar-refractivity contribution in [3.63, 3.8) is 0 Å². The van der Waals surface area contributed by atoms with Gasteiger partial charge in [0.05, 0.1) is 22.2 Å². The van der Waals surface area contributed by atoms with Crippen molar-refractivity contribution in [2.24, 2.45) is 0 Å². The van der Waals surface area contributed by atoms with E-state index in [0.29, 0.717) is 43.2 Å². The zero-order valence-electron chi connectivity index (χ0n) is 17.6. The highest BCUT2D eigenvalue weighted by molar-refractivity contribution is 7.66. The number of aryl methyl sites for hydroxylation is 1. The SMILES string of the molecule is CCO[C@@H](Cc1ccc(OCc2nc(-c3ccccc3)oc2C)cc1)C(CC)=S=O. The van der Waals surface area contributed by atoms with Gasteiger partial charge in [0, 0.05) is 18.6 Å². The molecule has 0 bridgehead atoms. The van der Waals surface area contributed by atoms with Crippen molar-refractivity contribution in [1.29, 1.82) is 0 Å². The van der Waals surface area contributed by atoms with E-state index in [1.54, 1.807) is 0 Å². The average Bonchev–Trinajstić information content (AvgIpc) is 3.15. The molecule has 0 spiro atoms. The molecule has 1 atom stereocenters. The number of oxazole rings is 1. The minimum Gasteiger partial charge on any atom is -0.487 e. The van der Waals surface area contributed by atoms with Crippen LogP contribution in [-0.4, -0.2) is 26.8 Å². The van der Waals surface area contributed by atoms with E-state index < -0.39 is 0 Å². The standard InChI is InChI=1S/C24H27NO4S/c1-4-23(30-26)22(27-5-2)15-18-11-13-20(14-12-18)28-16-21-17(3)29-24(25-21)19-9-7-6-8-10-19/h6-14,22H,4-5,15-16H2,1-3H3/t22-/m0/s1. The first-order valence-corrected chi connectivity index (χ1v) is 10.9. The molecule has 0 saturated heterocycles. The van der Waals surface area contributed by atoms with Gasteiger partial charge < -0.3 is 13.9 Å². The summed E-state index contributed by atoms with van der Waals surface area (Å²) in [5.41, 5.74) is 2.83. The smallest absolute Gasteiger partial charge is 0.226 e. The molecule has 30 heavy (non-hydrogen) atoms. The fraction of sp³-hybridized carbons (Fsp3) is 0.333. The summed E-state index contributed by atoms with van der Waals surface area (Å²) >= 11 is 0.549. The number of nitrogens with zero attached hydrogens (tertiary/aromatic N) is 1. The Bertz CT molecular complexity index is 992. The van der Waals surface area contributed by atoms with Crippen LogP contribution in [0.5, 0.6) is 5.75 Å². The van der Waals surface area contributed by atoms with Gasteiger partial charge in [-0.2, -0.15) is 0 Å². The van der Waals surface area contributed by atoms with Crippen LogP contribution >= 0.6 is 0 Å². The molecule has 0 amide bonds. The second-order valence-corrected chi connectivity index (χ2v) is 7.56. The van der Waals surface area contributed by atoms with Gasteiger partial charge in [0.15, 0.2) is 0 Å². The molecule has 3 aromatic rings. The lowest BCUT2D eigenvalue weighted by atomic mass is 10.0. The van der Waals surface area contributed by atoms with Gasteiger partial charge >= 0.3 is 0 Å². The van der Waals surface area contributed by atoms with Crippen LogP contribution < -0.4 is 4.74 Å². The van der Waals surface area contributed by atoms with E-state index >= 15 is 0 Å². The number of rotatable bonds is 10. The molecule has 158 valence electrons. The fourth-order valence-corrected chi connectivity index (χ4v) is 3.54. The normalized spacial score (nSPS) is 11.8. The second kappa shape index (κ2) is 10.9. The quantitative estimate of drug-likeness (QED) is 0.429. The van der Waals surface area contributed by atoms with E-state index in [2.05, 4.69) is 4.98 Å². The average molecular weight is 426 g/mol. The highest BCUT2D eigenvalue weighted by Crippen LogP contribution is 2.23.